The van der Waals surface area contributed by atoms with E-state index in [1.54, 1.807) is 17.0 Å². The van der Waals surface area contributed by atoms with Crippen LogP contribution in [0, 0.1) is 6.92 Å². The minimum atomic E-state index is -0.740. The van der Waals surface area contributed by atoms with Gasteiger partial charge in [0.2, 0.25) is 11.8 Å². The first-order valence-corrected chi connectivity index (χ1v) is 11.5. The van der Waals surface area contributed by atoms with Gasteiger partial charge < -0.3 is 20.0 Å². The summed E-state index contributed by atoms with van der Waals surface area (Å²) in [6, 6.07) is 10.3. The van der Waals surface area contributed by atoms with Gasteiger partial charge in [0.15, 0.2) is 5.76 Å². The Morgan fingerprint density at radius 2 is 1.84 bits per heavy atom. The van der Waals surface area contributed by atoms with E-state index < -0.39 is 11.9 Å². The van der Waals surface area contributed by atoms with Crippen molar-refractivity contribution >= 4 is 17.7 Å². The average molecular weight is 440 g/mol. The summed E-state index contributed by atoms with van der Waals surface area (Å²) in [6.45, 7) is 4.26. The van der Waals surface area contributed by atoms with Crippen LogP contribution in [0.5, 0.6) is 0 Å². The van der Waals surface area contributed by atoms with Crippen LogP contribution in [0.15, 0.2) is 47.1 Å². The van der Waals surface area contributed by atoms with Gasteiger partial charge in [-0.25, -0.2) is 0 Å². The Morgan fingerprint density at radius 3 is 2.47 bits per heavy atom. The van der Waals surface area contributed by atoms with Crippen molar-refractivity contribution < 1.29 is 18.8 Å². The molecule has 0 bridgehead atoms. The van der Waals surface area contributed by atoms with E-state index in [0.717, 1.165) is 49.7 Å². The summed E-state index contributed by atoms with van der Waals surface area (Å²) in [7, 11) is 0. The van der Waals surface area contributed by atoms with Crippen LogP contribution in [0.4, 0.5) is 0 Å². The summed E-state index contributed by atoms with van der Waals surface area (Å²) >= 11 is 0. The number of hydrogen-bond acceptors (Lipinski definition) is 4. The van der Waals surface area contributed by atoms with E-state index in [1.807, 2.05) is 38.1 Å². The lowest BCUT2D eigenvalue weighted by atomic mass is 10.0. The van der Waals surface area contributed by atoms with Crippen LogP contribution in [0.3, 0.4) is 0 Å². The molecular weight excluding hydrogens is 406 g/mol. The highest BCUT2D eigenvalue weighted by Crippen LogP contribution is 2.25. The quantitative estimate of drug-likeness (QED) is 0.590. The van der Waals surface area contributed by atoms with E-state index in [-0.39, 0.29) is 30.2 Å². The molecule has 2 N–H and O–H groups in total. The molecule has 3 rings (SSSR count). The predicted octanol–water partition coefficient (Wildman–Crippen LogP) is 3.75. The Hall–Kier alpha value is -3.09. The van der Waals surface area contributed by atoms with Crippen molar-refractivity contribution in [3.63, 3.8) is 0 Å². The monoisotopic (exact) mass is 439 g/mol. The third-order valence-corrected chi connectivity index (χ3v) is 5.87. The highest BCUT2D eigenvalue weighted by atomic mass is 16.3. The predicted molar refractivity (Wildman–Crippen MR) is 122 cm³/mol. The molecule has 32 heavy (non-hydrogen) atoms. The Morgan fingerprint density at radius 1 is 1.12 bits per heavy atom. The lowest BCUT2D eigenvalue weighted by Gasteiger charge is -2.32. The summed E-state index contributed by atoms with van der Waals surface area (Å²) in [6.07, 6.45) is 7.20. The second-order valence-electron chi connectivity index (χ2n) is 8.40. The van der Waals surface area contributed by atoms with Crippen LogP contribution in [0.25, 0.3) is 0 Å². The number of hydrogen-bond donors (Lipinski definition) is 2. The molecule has 172 valence electrons. The molecular formula is C25H33N3O4. The normalized spacial score (nSPS) is 14.7. The molecule has 1 aromatic carbocycles. The first-order valence-electron chi connectivity index (χ1n) is 11.5. The molecule has 1 aliphatic rings. The van der Waals surface area contributed by atoms with Crippen LogP contribution < -0.4 is 10.6 Å². The molecule has 1 fully saturated rings. The lowest BCUT2D eigenvalue weighted by Crippen LogP contribution is -2.49. The fraction of sp³-hybridized carbons (Fsp3) is 0.480. The highest BCUT2D eigenvalue weighted by Gasteiger charge is 2.32. The lowest BCUT2D eigenvalue weighted by molar-refractivity contribution is -0.140. The van der Waals surface area contributed by atoms with Crippen molar-refractivity contribution in [1.82, 2.24) is 15.5 Å². The molecule has 0 aliphatic heterocycles. The molecule has 1 aromatic heterocycles. The molecule has 7 heteroatoms. The van der Waals surface area contributed by atoms with E-state index in [2.05, 4.69) is 10.6 Å². The third-order valence-electron chi connectivity index (χ3n) is 5.87. The summed E-state index contributed by atoms with van der Waals surface area (Å²) in [5.41, 5.74) is 1.86. The molecule has 1 atom stereocenters. The highest BCUT2D eigenvalue weighted by molar-refractivity contribution is 5.95. The topological polar surface area (TPSA) is 91.7 Å². The van der Waals surface area contributed by atoms with Crippen molar-refractivity contribution in [2.24, 2.45) is 0 Å². The van der Waals surface area contributed by atoms with E-state index in [9.17, 15) is 14.4 Å². The van der Waals surface area contributed by atoms with Crippen LogP contribution in [0.2, 0.25) is 0 Å². The first kappa shape index (κ1) is 23.6. The van der Waals surface area contributed by atoms with Crippen molar-refractivity contribution in [2.75, 3.05) is 13.1 Å². The Kier molecular flexibility index (Phi) is 8.48. The van der Waals surface area contributed by atoms with Crippen LogP contribution >= 0.6 is 0 Å². The second kappa shape index (κ2) is 11.5. The first-order chi connectivity index (χ1) is 15.5. The molecule has 0 saturated heterocycles. The van der Waals surface area contributed by atoms with E-state index in [4.69, 9.17) is 4.42 Å². The SMILES string of the molecule is CCCCN(C(=O)CNC(=O)c1ccco1)C(C(=O)NC1CCCC1)c1ccc(C)cc1. The van der Waals surface area contributed by atoms with E-state index in [1.165, 1.54) is 6.26 Å². The van der Waals surface area contributed by atoms with Gasteiger partial charge in [0, 0.05) is 12.6 Å². The molecule has 0 radical (unpaired) electrons. The minimum absolute atomic E-state index is 0.145. The van der Waals surface area contributed by atoms with Crippen molar-refractivity contribution in [3.8, 4) is 0 Å². The number of carbonyl (C=O) groups excluding carboxylic acids is 3. The van der Waals surface area contributed by atoms with E-state index >= 15 is 0 Å². The largest absolute Gasteiger partial charge is 0.459 e. The third kappa shape index (κ3) is 6.22. The maximum atomic E-state index is 13.4. The van der Waals surface area contributed by atoms with Gasteiger partial charge in [-0.1, -0.05) is 56.0 Å². The van der Waals surface area contributed by atoms with Gasteiger partial charge in [0.25, 0.3) is 5.91 Å². The van der Waals surface area contributed by atoms with Crippen LogP contribution in [-0.4, -0.2) is 41.8 Å². The molecule has 7 nitrogen and oxygen atoms in total. The average Bonchev–Trinajstić information content (AvgIpc) is 3.50. The summed E-state index contributed by atoms with van der Waals surface area (Å²) in [5, 5.41) is 5.77. The standard InChI is InChI=1S/C25H33N3O4/c1-3-4-15-28(22(29)17-26-24(30)21-10-7-16-32-21)23(19-13-11-18(2)12-14-19)25(31)27-20-8-5-6-9-20/h7,10-14,16,20,23H,3-6,8-9,15,17H2,1-2H3,(H,26,30)(H,27,31). The zero-order valence-electron chi connectivity index (χ0n) is 18.9. The zero-order valence-corrected chi connectivity index (χ0v) is 18.9. The maximum Gasteiger partial charge on any atom is 0.287 e. The number of amides is 3. The number of nitrogens with one attached hydrogen (secondary N) is 2. The Balaban J connectivity index is 1.81. The van der Waals surface area contributed by atoms with Gasteiger partial charge in [0.1, 0.15) is 6.04 Å². The molecule has 0 spiro atoms. The number of rotatable bonds is 10. The minimum Gasteiger partial charge on any atom is -0.459 e. The molecule has 1 unspecified atom stereocenters. The number of carbonyl (C=O) groups is 3. The van der Waals surface area contributed by atoms with Gasteiger partial charge in [-0.3, -0.25) is 14.4 Å². The van der Waals surface area contributed by atoms with Crippen molar-refractivity contribution in [2.45, 2.75) is 64.5 Å². The molecule has 2 aromatic rings. The van der Waals surface area contributed by atoms with Gasteiger partial charge in [0.05, 0.1) is 12.8 Å². The maximum absolute atomic E-state index is 13.4. The molecule has 1 saturated carbocycles. The zero-order chi connectivity index (χ0) is 22.9. The second-order valence-corrected chi connectivity index (χ2v) is 8.40. The molecule has 3 amide bonds. The number of nitrogens with zero attached hydrogens (tertiary/aromatic N) is 1. The Labute approximate surface area is 189 Å². The van der Waals surface area contributed by atoms with Gasteiger partial charge in [-0.05, 0) is 43.9 Å². The van der Waals surface area contributed by atoms with Gasteiger partial charge >= 0.3 is 0 Å². The molecule has 1 aliphatic carbocycles. The smallest absolute Gasteiger partial charge is 0.287 e. The van der Waals surface area contributed by atoms with E-state index in [0.29, 0.717) is 6.54 Å². The van der Waals surface area contributed by atoms with Crippen LogP contribution in [0.1, 0.15) is 73.2 Å². The molecule has 1 heterocycles. The van der Waals surface area contributed by atoms with Crippen LogP contribution in [-0.2, 0) is 9.59 Å². The van der Waals surface area contributed by atoms with Gasteiger partial charge in [-0.15, -0.1) is 0 Å². The number of aryl methyl sites for hydroxylation is 1. The fourth-order valence-corrected chi connectivity index (χ4v) is 4.05. The summed E-state index contributed by atoms with van der Waals surface area (Å²) < 4.78 is 5.09. The van der Waals surface area contributed by atoms with Gasteiger partial charge in [-0.2, -0.15) is 0 Å². The van der Waals surface area contributed by atoms with Crippen molar-refractivity contribution in [3.05, 3.63) is 59.5 Å². The fourth-order valence-electron chi connectivity index (χ4n) is 4.05. The summed E-state index contributed by atoms with van der Waals surface area (Å²) in [5.74, 6) is -0.777. The van der Waals surface area contributed by atoms with Crippen molar-refractivity contribution in [1.29, 1.82) is 0 Å². The number of unbranched alkanes of at least 4 members (excludes halogenated alkanes) is 1. The summed E-state index contributed by atoms with van der Waals surface area (Å²) in [4.78, 5) is 40.5. The Bertz CT molecular complexity index is 886. The number of furan rings is 1. The number of benzene rings is 1.